The number of aromatic nitrogens is 2. The topological polar surface area (TPSA) is 73.2 Å². The van der Waals surface area contributed by atoms with Crippen LogP contribution in [0.2, 0.25) is 0 Å². The number of ether oxygens (including phenoxy) is 1. The van der Waals surface area contributed by atoms with Crippen molar-refractivity contribution in [2.75, 3.05) is 6.54 Å². The van der Waals surface area contributed by atoms with Crippen LogP contribution in [0.4, 0.5) is 8.78 Å². The Morgan fingerprint density at radius 2 is 1.88 bits per heavy atom. The first-order chi connectivity index (χ1) is 15.5. The fourth-order valence-electron chi connectivity index (χ4n) is 3.21. The van der Waals surface area contributed by atoms with E-state index in [0.29, 0.717) is 23.2 Å². The molecule has 32 heavy (non-hydrogen) atoms. The van der Waals surface area contributed by atoms with Crippen molar-refractivity contribution in [1.82, 2.24) is 14.9 Å². The number of nitrogens with zero attached hydrogens (tertiary/aromatic N) is 2. The maximum absolute atomic E-state index is 12.8. The third-order valence-electron chi connectivity index (χ3n) is 4.77. The summed E-state index contributed by atoms with van der Waals surface area (Å²) in [5, 5.41) is 3.24. The van der Waals surface area contributed by atoms with Gasteiger partial charge in [-0.2, -0.15) is 8.78 Å². The lowest BCUT2D eigenvalue weighted by molar-refractivity contribution is -0.121. The smallest absolute Gasteiger partial charge is 0.387 e. The summed E-state index contributed by atoms with van der Waals surface area (Å²) in [5.74, 6) is -0.233. The molecule has 0 unspecified atom stereocenters. The first-order valence-electron chi connectivity index (χ1n) is 9.84. The Bertz CT molecular complexity index is 1270. The molecule has 0 aliphatic carbocycles. The number of carbonyl (C=O) groups excluding carboxylic acids is 1. The third kappa shape index (κ3) is 5.17. The van der Waals surface area contributed by atoms with Crippen LogP contribution in [0.25, 0.3) is 20.7 Å². The SMILES string of the molecule is O=C(Cn1cnc2sc(-c3ccccc3)cc2c1=O)NCCc1ccc(OC(F)F)cc1. The van der Waals surface area contributed by atoms with Gasteiger partial charge in [-0.1, -0.05) is 42.5 Å². The van der Waals surface area contributed by atoms with E-state index in [2.05, 4.69) is 15.0 Å². The van der Waals surface area contributed by atoms with E-state index >= 15 is 0 Å². The Morgan fingerprint density at radius 1 is 1.12 bits per heavy atom. The highest BCUT2D eigenvalue weighted by Gasteiger charge is 2.12. The molecule has 0 aliphatic rings. The second-order valence-electron chi connectivity index (χ2n) is 7.00. The predicted octanol–water partition coefficient (Wildman–Crippen LogP) is 4.09. The van der Waals surface area contributed by atoms with Gasteiger partial charge in [-0.15, -0.1) is 11.3 Å². The lowest BCUT2D eigenvalue weighted by atomic mass is 10.1. The number of alkyl halides is 2. The van der Waals surface area contributed by atoms with Crippen molar-refractivity contribution in [2.24, 2.45) is 0 Å². The van der Waals surface area contributed by atoms with Gasteiger partial charge in [0.2, 0.25) is 5.91 Å². The highest BCUT2D eigenvalue weighted by Crippen LogP contribution is 2.30. The van der Waals surface area contributed by atoms with Crippen LogP contribution in [0.3, 0.4) is 0 Å². The molecule has 0 spiro atoms. The van der Waals surface area contributed by atoms with E-state index in [1.165, 1.54) is 34.4 Å². The average Bonchev–Trinajstić information content (AvgIpc) is 3.22. The summed E-state index contributed by atoms with van der Waals surface area (Å²) in [6.07, 6.45) is 1.90. The summed E-state index contributed by atoms with van der Waals surface area (Å²) >= 11 is 1.43. The van der Waals surface area contributed by atoms with Gasteiger partial charge in [0.15, 0.2) is 0 Å². The van der Waals surface area contributed by atoms with Crippen LogP contribution in [0.5, 0.6) is 5.75 Å². The lowest BCUT2D eigenvalue weighted by Crippen LogP contribution is -2.33. The van der Waals surface area contributed by atoms with Gasteiger partial charge in [-0.05, 0) is 35.7 Å². The van der Waals surface area contributed by atoms with E-state index in [-0.39, 0.29) is 23.8 Å². The van der Waals surface area contributed by atoms with E-state index < -0.39 is 6.61 Å². The highest BCUT2D eigenvalue weighted by atomic mass is 32.1. The number of fused-ring (bicyclic) bond motifs is 1. The molecular weight excluding hydrogens is 436 g/mol. The summed E-state index contributed by atoms with van der Waals surface area (Å²) in [7, 11) is 0. The molecule has 4 aromatic rings. The van der Waals surface area contributed by atoms with Crippen LogP contribution in [-0.4, -0.2) is 28.6 Å². The molecule has 2 aromatic carbocycles. The zero-order valence-corrected chi connectivity index (χ0v) is 17.6. The van der Waals surface area contributed by atoms with Crippen molar-refractivity contribution in [2.45, 2.75) is 19.6 Å². The molecule has 1 amide bonds. The fourth-order valence-corrected chi connectivity index (χ4v) is 4.21. The van der Waals surface area contributed by atoms with Gasteiger partial charge in [-0.25, -0.2) is 4.98 Å². The van der Waals surface area contributed by atoms with Gasteiger partial charge in [0.25, 0.3) is 5.56 Å². The fraction of sp³-hybridized carbons (Fsp3) is 0.174. The van der Waals surface area contributed by atoms with Gasteiger partial charge in [-0.3, -0.25) is 14.2 Å². The Hall–Kier alpha value is -3.59. The molecule has 2 heterocycles. The minimum Gasteiger partial charge on any atom is -0.435 e. The number of amides is 1. The first kappa shape index (κ1) is 21.6. The summed E-state index contributed by atoms with van der Waals surface area (Å²) in [6.45, 7) is -2.66. The van der Waals surface area contributed by atoms with Crippen LogP contribution < -0.4 is 15.6 Å². The largest absolute Gasteiger partial charge is 0.435 e. The third-order valence-corrected chi connectivity index (χ3v) is 5.87. The lowest BCUT2D eigenvalue weighted by Gasteiger charge is -2.08. The number of halogens is 2. The Balaban J connectivity index is 1.36. The Morgan fingerprint density at radius 3 is 2.59 bits per heavy atom. The number of hydrogen-bond acceptors (Lipinski definition) is 5. The van der Waals surface area contributed by atoms with Gasteiger partial charge in [0.05, 0.1) is 11.7 Å². The second kappa shape index (κ2) is 9.69. The van der Waals surface area contributed by atoms with Crippen LogP contribution >= 0.6 is 11.3 Å². The van der Waals surface area contributed by atoms with Crippen molar-refractivity contribution in [3.05, 3.63) is 82.9 Å². The summed E-state index contributed by atoms with van der Waals surface area (Å²) in [6, 6.07) is 17.8. The molecule has 0 bridgehead atoms. The van der Waals surface area contributed by atoms with Crippen molar-refractivity contribution in [3.8, 4) is 16.2 Å². The number of thiophene rings is 1. The minimum absolute atomic E-state index is 0.0823. The number of rotatable bonds is 8. The number of benzene rings is 2. The van der Waals surface area contributed by atoms with E-state index in [0.717, 1.165) is 16.0 Å². The maximum atomic E-state index is 12.8. The second-order valence-corrected chi connectivity index (χ2v) is 8.03. The maximum Gasteiger partial charge on any atom is 0.387 e. The van der Waals surface area contributed by atoms with Crippen LogP contribution in [0, 0.1) is 0 Å². The van der Waals surface area contributed by atoms with E-state index in [1.807, 2.05) is 30.3 Å². The first-order valence-corrected chi connectivity index (χ1v) is 10.7. The number of carbonyl (C=O) groups is 1. The van der Waals surface area contributed by atoms with Crippen molar-refractivity contribution in [1.29, 1.82) is 0 Å². The van der Waals surface area contributed by atoms with Crippen LogP contribution in [0.15, 0.2) is 71.8 Å². The van der Waals surface area contributed by atoms with Crippen molar-refractivity contribution < 1.29 is 18.3 Å². The molecule has 9 heteroatoms. The monoisotopic (exact) mass is 455 g/mol. The summed E-state index contributed by atoms with van der Waals surface area (Å²) in [4.78, 5) is 31.0. The average molecular weight is 455 g/mol. The van der Waals surface area contributed by atoms with E-state index in [1.54, 1.807) is 18.2 Å². The molecule has 6 nitrogen and oxygen atoms in total. The number of hydrogen-bond donors (Lipinski definition) is 1. The standard InChI is InChI=1S/C23H19F2N3O3S/c24-23(25)31-17-8-6-15(7-9-17)10-11-26-20(29)13-28-14-27-21-18(22(28)30)12-19(32-21)16-4-2-1-3-5-16/h1-9,12,14,23H,10-11,13H2,(H,26,29). The number of nitrogens with one attached hydrogen (secondary N) is 1. The van der Waals surface area contributed by atoms with Gasteiger partial charge < -0.3 is 10.1 Å². The minimum atomic E-state index is -2.86. The molecule has 0 fully saturated rings. The molecule has 0 aliphatic heterocycles. The highest BCUT2D eigenvalue weighted by molar-refractivity contribution is 7.21. The van der Waals surface area contributed by atoms with E-state index in [4.69, 9.17) is 0 Å². The summed E-state index contributed by atoms with van der Waals surface area (Å²) < 4.78 is 30.0. The molecule has 164 valence electrons. The Labute approximate surface area is 186 Å². The van der Waals surface area contributed by atoms with Crippen molar-refractivity contribution in [3.63, 3.8) is 0 Å². The van der Waals surface area contributed by atoms with Crippen LogP contribution in [0.1, 0.15) is 5.56 Å². The zero-order chi connectivity index (χ0) is 22.5. The molecule has 1 N–H and O–H groups in total. The molecular formula is C23H19F2N3O3S. The van der Waals surface area contributed by atoms with Crippen molar-refractivity contribution >= 4 is 27.5 Å². The summed E-state index contributed by atoms with van der Waals surface area (Å²) in [5.41, 5.74) is 1.60. The van der Waals surface area contributed by atoms with Gasteiger partial charge in [0, 0.05) is 11.4 Å². The quantitative estimate of drug-likeness (QED) is 0.435. The molecule has 0 saturated heterocycles. The molecule has 0 radical (unpaired) electrons. The molecule has 4 rings (SSSR count). The van der Waals surface area contributed by atoms with Gasteiger partial charge >= 0.3 is 6.61 Å². The van der Waals surface area contributed by atoms with Gasteiger partial charge in [0.1, 0.15) is 17.1 Å². The predicted molar refractivity (Wildman–Crippen MR) is 119 cm³/mol. The molecule has 0 saturated carbocycles. The molecule has 2 aromatic heterocycles. The Kier molecular flexibility index (Phi) is 6.55. The normalized spacial score (nSPS) is 11.1. The van der Waals surface area contributed by atoms with Crippen LogP contribution in [-0.2, 0) is 17.8 Å². The van der Waals surface area contributed by atoms with E-state index in [9.17, 15) is 18.4 Å². The molecule has 0 atom stereocenters. The zero-order valence-electron chi connectivity index (χ0n) is 16.8.